The Morgan fingerprint density at radius 1 is 1.12 bits per heavy atom. The molecule has 8 heteroatoms. The van der Waals surface area contributed by atoms with Crippen LogP contribution < -0.4 is 20.1 Å². The Balaban J connectivity index is 1.45. The van der Waals surface area contributed by atoms with E-state index in [1.807, 2.05) is 37.3 Å². The third-order valence-corrected chi connectivity index (χ3v) is 6.27. The molecule has 0 bridgehead atoms. The number of benzene rings is 3. The number of carbonyl (C=O) groups is 1. The summed E-state index contributed by atoms with van der Waals surface area (Å²) in [5, 5.41) is 6.85. The molecule has 33 heavy (non-hydrogen) atoms. The fourth-order valence-electron chi connectivity index (χ4n) is 3.24. The number of methoxy groups -OCH3 is 1. The van der Waals surface area contributed by atoms with E-state index in [4.69, 9.17) is 21.1 Å². The van der Waals surface area contributed by atoms with Crippen LogP contribution in [0, 0.1) is 12.7 Å². The van der Waals surface area contributed by atoms with Gasteiger partial charge in [0.1, 0.15) is 12.4 Å². The lowest BCUT2D eigenvalue weighted by Gasteiger charge is -2.15. The first-order valence-corrected chi connectivity index (χ1v) is 11.4. The molecule has 1 aliphatic heterocycles. The lowest BCUT2D eigenvalue weighted by Crippen LogP contribution is -2.31. The second-order valence-electron chi connectivity index (χ2n) is 7.41. The molecular weight excluding hydrogens is 463 g/mol. The number of rotatable bonds is 7. The van der Waals surface area contributed by atoms with Gasteiger partial charge in [0.2, 0.25) is 0 Å². The molecular formula is C25H22ClFN2O3S. The SMILES string of the molecule is COc1cc(/C=C2\SC(Nc3cc(Cl)ccc3C)NC2=O)ccc1OCc1ccc(F)cc1. The zero-order chi connectivity index (χ0) is 23.4. The fraction of sp³-hybridized carbons (Fsp3) is 0.160. The Bertz CT molecular complexity index is 1200. The van der Waals surface area contributed by atoms with E-state index in [0.717, 1.165) is 22.4 Å². The molecule has 1 atom stereocenters. The van der Waals surface area contributed by atoms with Crippen LogP contribution in [0.15, 0.2) is 65.6 Å². The van der Waals surface area contributed by atoms with Gasteiger partial charge in [-0.3, -0.25) is 4.79 Å². The Labute approximate surface area is 200 Å². The molecule has 1 saturated heterocycles. The van der Waals surface area contributed by atoms with Crippen molar-refractivity contribution in [3.63, 3.8) is 0 Å². The second-order valence-corrected chi connectivity index (χ2v) is 8.99. The first-order valence-electron chi connectivity index (χ1n) is 10.2. The molecule has 1 unspecified atom stereocenters. The summed E-state index contributed by atoms with van der Waals surface area (Å²) >= 11 is 7.48. The predicted molar refractivity (Wildman–Crippen MR) is 131 cm³/mol. The van der Waals surface area contributed by atoms with E-state index in [1.165, 1.54) is 23.9 Å². The molecule has 3 aromatic rings. The van der Waals surface area contributed by atoms with E-state index in [0.29, 0.717) is 21.4 Å². The maximum atomic E-state index is 13.1. The minimum atomic E-state index is -0.305. The quantitative estimate of drug-likeness (QED) is 0.404. The van der Waals surface area contributed by atoms with Crippen LogP contribution in [0.4, 0.5) is 10.1 Å². The molecule has 4 rings (SSSR count). The van der Waals surface area contributed by atoms with Gasteiger partial charge in [-0.15, -0.1) is 0 Å². The summed E-state index contributed by atoms with van der Waals surface area (Å²) < 4.78 is 24.4. The summed E-state index contributed by atoms with van der Waals surface area (Å²) in [6.07, 6.45) is 1.80. The normalized spacial score (nSPS) is 16.5. The van der Waals surface area contributed by atoms with Gasteiger partial charge in [-0.1, -0.05) is 47.6 Å². The molecule has 5 nitrogen and oxygen atoms in total. The molecule has 170 valence electrons. The van der Waals surface area contributed by atoms with Crippen molar-refractivity contribution in [2.24, 2.45) is 0 Å². The van der Waals surface area contributed by atoms with Crippen LogP contribution in [0.25, 0.3) is 6.08 Å². The maximum absolute atomic E-state index is 13.1. The number of thioether (sulfide) groups is 1. The molecule has 2 N–H and O–H groups in total. The van der Waals surface area contributed by atoms with Gasteiger partial charge >= 0.3 is 0 Å². The predicted octanol–water partition coefficient (Wildman–Crippen LogP) is 5.97. The van der Waals surface area contributed by atoms with Crippen LogP contribution in [-0.4, -0.2) is 18.5 Å². The van der Waals surface area contributed by atoms with Gasteiger partial charge < -0.3 is 20.1 Å². The second kappa shape index (κ2) is 10.2. The Hall–Kier alpha value is -3.16. The van der Waals surface area contributed by atoms with Gasteiger partial charge in [0.05, 0.1) is 12.0 Å². The lowest BCUT2D eigenvalue weighted by atomic mass is 10.2. The minimum absolute atomic E-state index is 0.159. The highest BCUT2D eigenvalue weighted by Crippen LogP contribution is 2.34. The number of carbonyl (C=O) groups excluding carboxylic acids is 1. The van der Waals surface area contributed by atoms with E-state index in [1.54, 1.807) is 31.4 Å². The van der Waals surface area contributed by atoms with Crippen LogP contribution in [-0.2, 0) is 11.4 Å². The highest BCUT2D eigenvalue weighted by Gasteiger charge is 2.27. The molecule has 1 heterocycles. The third kappa shape index (κ3) is 5.80. The highest BCUT2D eigenvalue weighted by atomic mass is 35.5. The summed E-state index contributed by atoms with van der Waals surface area (Å²) in [5.41, 5.74) is 3.25. The average molecular weight is 485 g/mol. The van der Waals surface area contributed by atoms with E-state index in [-0.39, 0.29) is 23.8 Å². The summed E-state index contributed by atoms with van der Waals surface area (Å²) in [6, 6.07) is 17.2. The number of anilines is 1. The zero-order valence-electron chi connectivity index (χ0n) is 18.0. The van der Waals surface area contributed by atoms with E-state index in [2.05, 4.69) is 10.6 Å². The number of halogens is 2. The lowest BCUT2D eigenvalue weighted by molar-refractivity contribution is -0.116. The summed E-state index contributed by atoms with van der Waals surface area (Å²) in [7, 11) is 1.56. The Morgan fingerprint density at radius 3 is 2.67 bits per heavy atom. The van der Waals surface area contributed by atoms with Gasteiger partial charge in [0.15, 0.2) is 17.0 Å². The average Bonchev–Trinajstić information content (AvgIpc) is 3.14. The third-order valence-electron chi connectivity index (χ3n) is 5.01. The molecule has 0 aromatic heterocycles. The van der Waals surface area contributed by atoms with Crippen molar-refractivity contribution in [1.82, 2.24) is 5.32 Å². The van der Waals surface area contributed by atoms with Crippen LogP contribution >= 0.6 is 23.4 Å². The monoisotopic (exact) mass is 484 g/mol. The first-order chi connectivity index (χ1) is 15.9. The number of hydrogen-bond donors (Lipinski definition) is 2. The molecule has 1 aliphatic rings. The van der Waals surface area contributed by atoms with Crippen molar-refractivity contribution in [2.75, 3.05) is 12.4 Å². The smallest absolute Gasteiger partial charge is 0.260 e. The van der Waals surface area contributed by atoms with Gasteiger partial charge in [-0.2, -0.15) is 0 Å². The van der Waals surface area contributed by atoms with Crippen LogP contribution in [0.5, 0.6) is 11.5 Å². The number of amides is 1. The molecule has 0 radical (unpaired) electrons. The van der Waals surface area contributed by atoms with Crippen molar-refractivity contribution in [1.29, 1.82) is 0 Å². The maximum Gasteiger partial charge on any atom is 0.260 e. The number of aryl methyl sites for hydroxylation is 1. The van der Waals surface area contributed by atoms with Gasteiger partial charge in [-0.05, 0) is 66.1 Å². The van der Waals surface area contributed by atoms with E-state index >= 15 is 0 Å². The van der Waals surface area contributed by atoms with Crippen molar-refractivity contribution >= 4 is 41.0 Å². The highest BCUT2D eigenvalue weighted by molar-refractivity contribution is 8.05. The van der Waals surface area contributed by atoms with Crippen molar-refractivity contribution in [3.05, 3.63) is 93.1 Å². The topological polar surface area (TPSA) is 59.6 Å². The van der Waals surface area contributed by atoms with Crippen LogP contribution in [0.3, 0.4) is 0 Å². The Kier molecular flexibility index (Phi) is 7.11. The van der Waals surface area contributed by atoms with E-state index in [9.17, 15) is 9.18 Å². The number of hydrogen-bond acceptors (Lipinski definition) is 5. The molecule has 3 aromatic carbocycles. The number of nitrogens with one attached hydrogen (secondary N) is 2. The van der Waals surface area contributed by atoms with Gasteiger partial charge in [0.25, 0.3) is 5.91 Å². The van der Waals surface area contributed by atoms with E-state index < -0.39 is 0 Å². The van der Waals surface area contributed by atoms with Gasteiger partial charge in [-0.25, -0.2) is 4.39 Å². The molecule has 1 amide bonds. The van der Waals surface area contributed by atoms with Crippen molar-refractivity contribution < 1.29 is 18.7 Å². The molecule has 0 spiro atoms. The molecule has 1 fully saturated rings. The van der Waals surface area contributed by atoms with Gasteiger partial charge in [0, 0.05) is 10.7 Å². The Morgan fingerprint density at radius 2 is 1.91 bits per heavy atom. The summed E-state index contributed by atoms with van der Waals surface area (Å²) in [6.45, 7) is 2.26. The molecule has 0 saturated carbocycles. The summed E-state index contributed by atoms with van der Waals surface area (Å²) in [5.74, 6) is 0.651. The van der Waals surface area contributed by atoms with Crippen LogP contribution in [0.2, 0.25) is 5.02 Å². The standard InChI is InChI=1S/C25H22ClFN2O3S/c1-15-3-7-18(26)13-20(15)28-25-29-24(30)23(33-25)12-17-6-10-21(22(11-17)31-2)32-14-16-4-8-19(27)9-5-16/h3-13,25,28H,14H2,1-2H3,(H,29,30)/b23-12-. The zero-order valence-corrected chi connectivity index (χ0v) is 19.6. The largest absolute Gasteiger partial charge is 0.493 e. The van der Waals surface area contributed by atoms with Crippen molar-refractivity contribution in [3.8, 4) is 11.5 Å². The summed E-state index contributed by atoms with van der Waals surface area (Å²) in [4.78, 5) is 13.1. The van der Waals surface area contributed by atoms with Crippen LogP contribution in [0.1, 0.15) is 16.7 Å². The number of ether oxygens (including phenoxy) is 2. The van der Waals surface area contributed by atoms with Crippen molar-refractivity contribution in [2.45, 2.75) is 19.0 Å². The molecule has 0 aliphatic carbocycles. The first kappa shape index (κ1) is 23.0. The minimum Gasteiger partial charge on any atom is -0.493 e. The fourth-order valence-corrected chi connectivity index (χ4v) is 4.39.